The highest BCUT2D eigenvalue weighted by Gasteiger charge is 2.39. The molecule has 210 valence electrons. The summed E-state index contributed by atoms with van der Waals surface area (Å²) in [5, 5.41) is 8.81. The summed E-state index contributed by atoms with van der Waals surface area (Å²) in [6.45, 7) is 7.56. The van der Waals surface area contributed by atoms with Crippen LogP contribution >= 0.6 is 0 Å². The lowest BCUT2D eigenvalue weighted by molar-refractivity contribution is -0.140. The maximum absolute atomic E-state index is 13.3. The number of rotatable bonds is 7. The van der Waals surface area contributed by atoms with E-state index in [-0.39, 0.29) is 52.1 Å². The second-order valence-electron chi connectivity index (χ2n) is 10.6. The van der Waals surface area contributed by atoms with Gasteiger partial charge in [0.1, 0.15) is 17.0 Å². The summed E-state index contributed by atoms with van der Waals surface area (Å²) in [6.07, 6.45) is -3.93. The number of methoxy groups -OCH3 is 1. The van der Waals surface area contributed by atoms with Crippen molar-refractivity contribution in [3.05, 3.63) is 41.4 Å². The van der Waals surface area contributed by atoms with E-state index in [1.54, 1.807) is 13.0 Å². The lowest BCUT2D eigenvalue weighted by atomic mass is 10.1. The molecule has 1 aliphatic rings. The number of halogens is 3. The highest BCUT2D eigenvalue weighted by Crippen LogP contribution is 2.37. The van der Waals surface area contributed by atoms with Crippen LogP contribution in [0.5, 0.6) is 5.75 Å². The van der Waals surface area contributed by atoms with Gasteiger partial charge in [-0.1, -0.05) is 0 Å². The standard InChI is InChI=1S/C26H31F3N6O4/c1-12(30)21-20(22(36)31-11-13-10-16(13)32-24(37)35-25(2,3)4)34-23(39-21)15-6-8-17(38-5)19-14(15)7-9-18(33-19)26(27,28)29/h6-9,12-13,16H,10-11,30H2,1-5H3,(H,31,36)(H2,32,35,37)/t12-,13-,16+/m0/s1. The Kier molecular flexibility index (Phi) is 7.48. The molecule has 1 aromatic carbocycles. The normalized spacial score (nSPS) is 18.0. The molecule has 0 aliphatic heterocycles. The number of benzene rings is 1. The maximum atomic E-state index is 13.3. The van der Waals surface area contributed by atoms with Crippen molar-refractivity contribution in [3.8, 4) is 17.2 Å². The Labute approximate surface area is 222 Å². The number of carbonyl (C=O) groups is 2. The molecule has 0 saturated heterocycles. The highest BCUT2D eigenvalue weighted by atomic mass is 19.4. The van der Waals surface area contributed by atoms with E-state index in [9.17, 15) is 22.8 Å². The van der Waals surface area contributed by atoms with E-state index in [2.05, 4.69) is 25.9 Å². The second-order valence-corrected chi connectivity index (χ2v) is 10.6. The van der Waals surface area contributed by atoms with Crippen molar-refractivity contribution in [2.75, 3.05) is 13.7 Å². The molecule has 2 aromatic heterocycles. The number of ether oxygens (including phenoxy) is 1. The first kappa shape index (κ1) is 28.1. The first-order valence-corrected chi connectivity index (χ1v) is 12.4. The highest BCUT2D eigenvalue weighted by molar-refractivity contribution is 5.98. The van der Waals surface area contributed by atoms with Crippen LogP contribution in [0.25, 0.3) is 22.4 Å². The summed E-state index contributed by atoms with van der Waals surface area (Å²) >= 11 is 0. The minimum absolute atomic E-state index is 0.00600. The number of hydrogen-bond acceptors (Lipinski definition) is 7. The Morgan fingerprint density at radius 3 is 2.51 bits per heavy atom. The molecular formula is C26H31F3N6O4. The van der Waals surface area contributed by atoms with Crippen molar-refractivity contribution in [2.45, 2.75) is 57.9 Å². The average Bonchev–Trinajstić information content (AvgIpc) is 3.40. The van der Waals surface area contributed by atoms with E-state index in [0.717, 1.165) is 6.07 Å². The first-order chi connectivity index (χ1) is 18.2. The topological polar surface area (TPSA) is 144 Å². The van der Waals surface area contributed by atoms with Gasteiger partial charge in [-0.15, -0.1) is 0 Å². The zero-order valence-corrected chi connectivity index (χ0v) is 22.2. The molecule has 2 heterocycles. The molecule has 1 aliphatic carbocycles. The smallest absolute Gasteiger partial charge is 0.433 e. The van der Waals surface area contributed by atoms with Crippen molar-refractivity contribution >= 4 is 22.8 Å². The fourth-order valence-electron chi connectivity index (χ4n) is 4.12. The van der Waals surface area contributed by atoms with Crippen LogP contribution in [0, 0.1) is 5.92 Å². The number of oxazole rings is 1. The molecule has 1 saturated carbocycles. The van der Waals surface area contributed by atoms with Crippen LogP contribution in [0.15, 0.2) is 28.7 Å². The van der Waals surface area contributed by atoms with Crippen LogP contribution in [0.1, 0.15) is 62.1 Å². The van der Waals surface area contributed by atoms with Crippen LogP contribution in [-0.2, 0) is 6.18 Å². The number of pyridine rings is 1. The Hall–Kier alpha value is -3.87. The van der Waals surface area contributed by atoms with Crippen molar-refractivity contribution in [3.63, 3.8) is 0 Å². The summed E-state index contributed by atoms with van der Waals surface area (Å²) in [4.78, 5) is 33.2. The molecule has 5 N–H and O–H groups in total. The fraction of sp³-hybridized carbons (Fsp3) is 0.462. The van der Waals surface area contributed by atoms with Crippen LogP contribution in [0.3, 0.4) is 0 Å². The van der Waals surface area contributed by atoms with Crippen molar-refractivity contribution < 1.29 is 31.9 Å². The van der Waals surface area contributed by atoms with Gasteiger partial charge in [-0.3, -0.25) is 4.79 Å². The Bertz CT molecular complexity index is 1400. The minimum atomic E-state index is -4.64. The lowest BCUT2D eigenvalue weighted by Crippen LogP contribution is -2.47. The van der Waals surface area contributed by atoms with Gasteiger partial charge in [-0.2, -0.15) is 13.2 Å². The third kappa shape index (κ3) is 6.41. The van der Waals surface area contributed by atoms with Gasteiger partial charge < -0.3 is 30.8 Å². The molecule has 0 bridgehead atoms. The molecule has 0 spiro atoms. The third-order valence-corrected chi connectivity index (χ3v) is 6.10. The number of amides is 3. The van der Waals surface area contributed by atoms with Gasteiger partial charge in [0.25, 0.3) is 5.91 Å². The van der Waals surface area contributed by atoms with Crippen molar-refractivity contribution in [1.82, 2.24) is 25.9 Å². The van der Waals surface area contributed by atoms with Gasteiger partial charge in [-0.05, 0) is 64.3 Å². The van der Waals surface area contributed by atoms with Gasteiger partial charge in [0, 0.05) is 29.1 Å². The fourth-order valence-corrected chi connectivity index (χ4v) is 4.12. The first-order valence-electron chi connectivity index (χ1n) is 12.4. The van der Waals surface area contributed by atoms with Crippen molar-refractivity contribution in [1.29, 1.82) is 0 Å². The van der Waals surface area contributed by atoms with Crippen molar-refractivity contribution in [2.24, 2.45) is 11.7 Å². The van der Waals surface area contributed by atoms with Gasteiger partial charge in [0.05, 0.1) is 13.2 Å². The van der Waals surface area contributed by atoms with E-state index in [4.69, 9.17) is 14.9 Å². The largest absolute Gasteiger partial charge is 0.494 e. The number of nitrogens with one attached hydrogen (secondary N) is 3. The van der Waals surface area contributed by atoms with E-state index in [0.29, 0.717) is 23.9 Å². The number of nitrogens with two attached hydrogens (primary N) is 1. The van der Waals surface area contributed by atoms with Crippen LogP contribution in [-0.4, -0.2) is 47.1 Å². The lowest BCUT2D eigenvalue weighted by Gasteiger charge is -2.20. The van der Waals surface area contributed by atoms with Gasteiger partial charge in [-0.25, -0.2) is 14.8 Å². The summed E-state index contributed by atoms with van der Waals surface area (Å²) in [7, 11) is 1.33. The molecule has 3 atom stereocenters. The Balaban J connectivity index is 1.55. The predicted molar refractivity (Wildman–Crippen MR) is 137 cm³/mol. The summed E-state index contributed by atoms with van der Waals surface area (Å²) in [5.41, 5.74) is 4.87. The summed E-state index contributed by atoms with van der Waals surface area (Å²) in [6, 6.07) is 4.11. The number of hydrogen-bond donors (Lipinski definition) is 4. The average molecular weight is 549 g/mol. The number of aromatic nitrogens is 2. The molecule has 4 rings (SSSR count). The van der Waals surface area contributed by atoms with E-state index < -0.39 is 23.8 Å². The molecule has 3 aromatic rings. The number of alkyl halides is 3. The number of urea groups is 1. The van der Waals surface area contributed by atoms with Gasteiger partial charge in [0.2, 0.25) is 5.89 Å². The third-order valence-electron chi connectivity index (χ3n) is 6.10. The quantitative estimate of drug-likeness (QED) is 0.347. The molecule has 0 radical (unpaired) electrons. The summed E-state index contributed by atoms with van der Waals surface area (Å²) in [5.74, 6) is -0.185. The second kappa shape index (κ2) is 10.4. The van der Waals surface area contributed by atoms with E-state index >= 15 is 0 Å². The van der Waals surface area contributed by atoms with Crippen LogP contribution < -0.4 is 26.4 Å². The zero-order chi connectivity index (χ0) is 28.7. The number of carbonyl (C=O) groups excluding carboxylic acids is 2. The maximum Gasteiger partial charge on any atom is 0.433 e. The molecule has 1 fully saturated rings. The number of fused-ring (bicyclic) bond motifs is 1. The summed E-state index contributed by atoms with van der Waals surface area (Å²) < 4.78 is 50.9. The van der Waals surface area contributed by atoms with E-state index in [1.807, 2.05) is 20.8 Å². The molecule has 39 heavy (non-hydrogen) atoms. The molecule has 10 nitrogen and oxygen atoms in total. The Morgan fingerprint density at radius 1 is 1.18 bits per heavy atom. The number of nitrogens with zero attached hydrogens (tertiary/aromatic N) is 2. The minimum Gasteiger partial charge on any atom is -0.494 e. The predicted octanol–water partition coefficient (Wildman–Crippen LogP) is 4.15. The molecular weight excluding hydrogens is 517 g/mol. The van der Waals surface area contributed by atoms with E-state index in [1.165, 1.54) is 19.2 Å². The van der Waals surface area contributed by atoms with Gasteiger partial charge >= 0.3 is 12.2 Å². The molecule has 13 heteroatoms. The molecule has 0 unspecified atom stereocenters. The Morgan fingerprint density at radius 2 is 1.90 bits per heavy atom. The SMILES string of the molecule is COc1ccc(-c2nc(C(=O)NC[C@@H]3C[C@H]3NC(=O)NC(C)(C)C)c([C@H](C)N)o2)c2ccc(C(F)(F)F)nc12. The zero-order valence-electron chi connectivity index (χ0n) is 22.2. The van der Waals surface area contributed by atoms with Gasteiger partial charge in [0.15, 0.2) is 11.5 Å². The van der Waals surface area contributed by atoms with Crippen LogP contribution in [0.2, 0.25) is 0 Å². The molecule has 3 amide bonds. The van der Waals surface area contributed by atoms with Crippen LogP contribution in [0.4, 0.5) is 18.0 Å². The monoisotopic (exact) mass is 548 g/mol.